The quantitative estimate of drug-likeness (QED) is 0.526. The maximum atomic E-state index is 12.1. The van der Waals surface area contributed by atoms with Crippen molar-refractivity contribution < 1.29 is 9.59 Å². The van der Waals surface area contributed by atoms with Crippen LogP contribution in [-0.4, -0.2) is 52.3 Å². The fourth-order valence-corrected chi connectivity index (χ4v) is 3.57. The lowest BCUT2D eigenvalue weighted by molar-refractivity contribution is -0.127. The van der Waals surface area contributed by atoms with Gasteiger partial charge in [0.15, 0.2) is 17.0 Å². The average molecular weight is 373 g/mol. The van der Waals surface area contributed by atoms with Gasteiger partial charge in [-0.1, -0.05) is 45.4 Å². The van der Waals surface area contributed by atoms with Crippen molar-refractivity contribution in [3.63, 3.8) is 0 Å². The van der Waals surface area contributed by atoms with Crippen molar-refractivity contribution in [2.24, 2.45) is 4.99 Å². The Kier molecular flexibility index (Phi) is 6.23. The fourth-order valence-electron chi connectivity index (χ4n) is 2.96. The molecule has 0 aromatic heterocycles. The van der Waals surface area contributed by atoms with Crippen molar-refractivity contribution in [1.82, 2.24) is 15.1 Å². The molecular formula is C15H25BrN4O2. The highest BCUT2D eigenvalue weighted by Crippen LogP contribution is 2.26. The molecule has 2 rings (SSSR count). The van der Waals surface area contributed by atoms with Crippen molar-refractivity contribution in [1.29, 1.82) is 0 Å². The Morgan fingerprint density at radius 3 is 2.45 bits per heavy atom. The molecule has 0 spiro atoms. The van der Waals surface area contributed by atoms with Gasteiger partial charge in [-0.05, 0) is 22.4 Å². The molecule has 1 N–H and O–H groups in total. The number of unbranched alkanes of at least 4 members (excludes halogenated alkanes) is 6. The fraction of sp³-hybridized carbons (Fsp3) is 0.800. The van der Waals surface area contributed by atoms with Gasteiger partial charge in [-0.15, -0.1) is 0 Å². The van der Waals surface area contributed by atoms with E-state index >= 15 is 0 Å². The number of hydrogen-bond acceptors (Lipinski definition) is 4. The molecule has 0 radical (unpaired) electrons. The summed E-state index contributed by atoms with van der Waals surface area (Å²) in [6, 6.07) is -0.787. The van der Waals surface area contributed by atoms with E-state index in [0.717, 1.165) is 19.4 Å². The number of urea groups is 1. The highest BCUT2D eigenvalue weighted by Gasteiger charge is 2.47. The minimum atomic E-state index is -0.417. The molecule has 0 aromatic carbocycles. The second kappa shape index (κ2) is 7.94. The summed E-state index contributed by atoms with van der Waals surface area (Å²) in [4.78, 5) is 31.6. The lowest BCUT2D eigenvalue weighted by atomic mass is 10.1. The molecule has 22 heavy (non-hydrogen) atoms. The van der Waals surface area contributed by atoms with Gasteiger partial charge >= 0.3 is 6.03 Å². The summed E-state index contributed by atoms with van der Waals surface area (Å²) in [6.07, 6.45) is 8.19. The molecule has 3 amide bonds. The number of likely N-dealkylation sites (N-methyl/N-ethyl adjacent to an activating group) is 1. The van der Waals surface area contributed by atoms with Crippen LogP contribution in [0.3, 0.4) is 0 Å². The van der Waals surface area contributed by atoms with Crippen LogP contribution in [0.15, 0.2) is 4.99 Å². The van der Waals surface area contributed by atoms with Gasteiger partial charge in [0, 0.05) is 13.6 Å². The molecule has 0 aromatic rings. The lowest BCUT2D eigenvalue weighted by Gasteiger charge is -2.35. The van der Waals surface area contributed by atoms with Crippen molar-refractivity contribution in [2.45, 2.75) is 64.1 Å². The van der Waals surface area contributed by atoms with Gasteiger partial charge < -0.3 is 9.80 Å². The molecule has 1 saturated heterocycles. The van der Waals surface area contributed by atoms with E-state index in [-0.39, 0.29) is 11.9 Å². The number of amides is 3. The third-order valence-electron chi connectivity index (χ3n) is 4.31. The topological polar surface area (TPSA) is 65.0 Å². The van der Waals surface area contributed by atoms with Gasteiger partial charge in [0.05, 0.1) is 0 Å². The SMILES string of the molecule is CCCCCCCCCN1C(Br)=NC2C1C(=O)NC(=O)N2C. The molecule has 2 heterocycles. The van der Waals surface area contributed by atoms with Crippen molar-refractivity contribution in [3.8, 4) is 0 Å². The van der Waals surface area contributed by atoms with E-state index in [0.29, 0.717) is 4.74 Å². The third kappa shape index (κ3) is 3.80. The normalized spacial score (nSPS) is 24.4. The smallest absolute Gasteiger partial charge is 0.325 e. The molecule has 0 bridgehead atoms. The van der Waals surface area contributed by atoms with Crippen molar-refractivity contribution in [3.05, 3.63) is 0 Å². The van der Waals surface area contributed by atoms with Crippen LogP contribution in [0.4, 0.5) is 4.79 Å². The van der Waals surface area contributed by atoms with Crippen LogP contribution in [0.1, 0.15) is 51.9 Å². The summed E-state index contributed by atoms with van der Waals surface area (Å²) in [5.74, 6) is -0.255. The number of aliphatic imine (C=N–C) groups is 1. The highest BCUT2D eigenvalue weighted by atomic mass is 79.9. The van der Waals surface area contributed by atoms with Gasteiger partial charge in [-0.3, -0.25) is 10.1 Å². The molecule has 2 aliphatic rings. The Labute approximate surface area is 140 Å². The number of amidine groups is 1. The molecule has 2 aliphatic heterocycles. The maximum Gasteiger partial charge on any atom is 0.325 e. The lowest BCUT2D eigenvalue weighted by Crippen LogP contribution is -2.63. The van der Waals surface area contributed by atoms with Crippen LogP contribution < -0.4 is 5.32 Å². The van der Waals surface area contributed by atoms with E-state index in [9.17, 15) is 9.59 Å². The number of nitrogens with one attached hydrogen (secondary N) is 1. The van der Waals surface area contributed by atoms with Crippen molar-refractivity contribution in [2.75, 3.05) is 13.6 Å². The second-order valence-electron chi connectivity index (χ2n) is 5.98. The summed E-state index contributed by atoms with van der Waals surface area (Å²) in [6.45, 7) is 3.01. The number of hydrogen-bond donors (Lipinski definition) is 1. The molecule has 0 saturated carbocycles. The van der Waals surface area contributed by atoms with E-state index in [1.165, 1.54) is 37.0 Å². The summed E-state index contributed by atoms with van der Waals surface area (Å²) >= 11 is 3.43. The maximum absolute atomic E-state index is 12.1. The minimum Gasteiger partial charge on any atom is -0.335 e. The standard InChI is InChI=1S/C15H25BrN4O2/c1-3-4-5-6-7-8-9-10-20-11-12(17-14(20)16)19(2)15(22)18-13(11)21/h11-12H,3-10H2,1-2H3,(H,18,21,22). The first kappa shape index (κ1) is 17.2. The number of carbonyl (C=O) groups excluding carboxylic acids is 2. The third-order valence-corrected chi connectivity index (χ3v) is 4.97. The molecule has 2 atom stereocenters. The predicted molar refractivity (Wildman–Crippen MR) is 89.9 cm³/mol. The molecule has 0 aliphatic carbocycles. The number of fused-ring (bicyclic) bond motifs is 1. The summed E-state index contributed by atoms with van der Waals surface area (Å²) in [5, 5.41) is 2.39. The Morgan fingerprint density at radius 2 is 1.77 bits per heavy atom. The Hall–Kier alpha value is -1.11. The molecule has 6 nitrogen and oxygen atoms in total. The van der Waals surface area contributed by atoms with E-state index in [1.807, 2.05) is 4.90 Å². The zero-order valence-corrected chi connectivity index (χ0v) is 14.9. The second-order valence-corrected chi connectivity index (χ2v) is 6.69. The van der Waals surface area contributed by atoms with Crippen LogP contribution in [0.5, 0.6) is 0 Å². The van der Waals surface area contributed by atoms with E-state index in [4.69, 9.17) is 0 Å². The zero-order chi connectivity index (χ0) is 16.1. The number of carbonyl (C=O) groups is 2. The van der Waals surface area contributed by atoms with Crippen LogP contribution in [0, 0.1) is 0 Å². The zero-order valence-electron chi connectivity index (χ0n) is 13.3. The monoisotopic (exact) mass is 372 g/mol. The summed E-state index contributed by atoms with van der Waals surface area (Å²) in [7, 11) is 1.67. The number of halogens is 1. The number of nitrogens with zero attached hydrogens (tertiary/aromatic N) is 3. The molecule has 1 fully saturated rings. The summed E-state index contributed by atoms with van der Waals surface area (Å²) < 4.78 is 0.671. The Balaban J connectivity index is 1.80. The van der Waals surface area contributed by atoms with Crippen LogP contribution in [0.2, 0.25) is 0 Å². The number of rotatable bonds is 8. The van der Waals surface area contributed by atoms with E-state index < -0.39 is 12.2 Å². The number of imide groups is 1. The summed E-state index contributed by atoms with van der Waals surface area (Å²) in [5.41, 5.74) is 0. The van der Waals surface area contributed by atoms with Crippen LogP contribution in [0.25, 0.3) is 0 Å². The molecule has 124 valence electrons. The molecule has 7 heteroatoms. The largest absolute Gasteiger partial charge is 0.335 e. The average Bonchev–Trinajstić information content (AvgIpc) is 2.81. The first-order valence-corrected chi connectivity index (χ1v) is 8.93. The minimum absolute atomic E-state index is 0.255. The van der Waals surface area contributed by atoms with Gasteiger partial charge in [-0.25, -0.2) is 9.79 Å². The Morgan fingerprint density at radius 1 is 1.14 bits per heavy atom. The van der Waals surface area contributed by atoms with Gasteiger partial charge in [0.2, 0.25) is 0 Å². The predicted octanol–water partition coefficient (Wildman–Crippen LogP) is 2.68. The van der Waals surface area contributed by atoms with Crippen LogP contribution in [-0.2, 0) is 4.79 Å². The van der Waals surface area contributed by atoms with Gasteiger partial charge in [-0.2, -0.15) is 0 Å². The molecular weight excluding hydrogens is 348 g/mol. The van der Waals surface area contributed by atoms with Gasteiger partial charge in [0.1, 0.15) is 0 Å². The van der Waals surface area contributed by atoms with E-state index in [2.05, 4.69) is 33.2 Å². The Bertz CT molecular complexity index is 455. The first-order valence-electron chi connectivity index (χ1n) is 8.14. The van der Waals surface area contributed by atoms with Crippen LogP contribution >= 0.6 is 15.9 Å². The van der Waals surface area contributed by atoms with Gasteiger partial charge in [0.25, 0.3) is 5.91 Å². The van der Waals surface area contributed by atoms with E-state index in [1.54, 1.807) is 7.05 Å². The first-order chi connectivity index (χ1) is 10.6. The van der Waals surface area contributed by atoms with Crippen molar-refractivity contribution >= 4 is 32.6 Å². The highest BCUT2D eigenvalue weighted by molar-refractivity contribution is 9.18. The molecule has 2 unspecified atom stereocenters.